The number of rotatable bonds is 5. The monoisotopic (exact) mass is 359 g/mol. The van der Waals surface area contributed by atoms with Gasteiger partial charge in [-0.25, -0.2) is 9.59 Å². The van der Waals surface area contributed by atoms with Crippen molar-refractivity contribution < 1.29 is 23.9 Å². The quantitative estimate of drug-likeness (QED) is 0.797. The van der Waals surface area contributed by atoms with Crippen LogP contribution in [0.15, 0.2) is 24.3 Å². The van der Waals surface area contributed by atoms with Crippen LogP contribution in [-0.4, -0.2) is 55.2 Å². The average molecular weight is 359 g/mol. The number of carbonyl (C=O) groups is 3. The first-order chi connectivity index (χ1) is 12.5. The van der Waals surface area contributed by atoms with Gasteiger partial charge in [0.2, 0.25) is 0 Å². The van der Waals surface area contributed by atoms with E-state index in [1.807, 2.05) is 6.07 Å². The second kappa shape index (κ2) is 9.42. The SMILES string of the molecule is CCOC(=O)N1CCC(NC(=O)COC(=O)c2cccc(C#N)c2)CC1. The fourth-order valence-electron chi connectivity index (χ4n) is 2.62. The summed E-state index contributed by atoms with van der Waals surface area (Å²) in [5.74, 6) is -1.06. The Morgan fingerprint density at radius 1 is 1.27 bits per heavy atom. The van der Waals surface area contributed by atoms with E-state index in [1.165, 1.54) is 12.1 Å². The predicted molar refractivity (Wildman–Crippen MR) is 91.2 cm³/mol. The van der Waals surface area contributed by atoms with E-state index in [0.29, 0.717) is 38.1 Å². The summed E-state index contributed by atoms with van der Waals surface area (Å²) in [7, 11) is 0. The molecule has 2 amide bonds. The highest BCUT2D eigenvalue weighted by Crippen LogP contribution is 2.11. The molecule has 0 aliphatic carbocycles. The summed E-state index contributed by atoms with van der Waals surface area (Å²) in [6.45, 7) is 2.70. The summed E-state index contributed by atoms with van der Waals surface area (Å²) in [4.78, 5) is 37.1. The van der Waals surface area contributed by atoms with E-state index in [9.17, 15) is 14.4 Å². The molecular formula is C18H21N3O5. The van der Waals surface area contributed by atoms with E-state index < -0.39 is 18.5 Å². The molecule has 1 aromatic carbocycles. The number of amides is 2. The van der Waals surface area contributed by atoms with Crippen LogP contribution in [0.2, 0.25) is 0 Å². The third-order valence-electron chi connectivity index (χ3n) is 3.95. The van der Waals surface area contributed by atoms with Crippen LogP contribution in [0.1, 0.15) is 35.7 Å². The van der Waals surface area contributed by atoms with Gasteiger partial charge in [-0.15, -0.1) is 0 Å². The molecule has 138 valence electrons. The van der Waals surface area contributed by atoms with Crippen LogP contribution in [0.4, 0.5) is 4.79 Å². The van der Waals surface area contributed by atoms with Crippen LogP contribution >= 0.6 is 0 Å². The van der Waals surface area contributed by atoms with Crippen molar-refractivity contribution in [2.45, 2.75) is 25.8 Å². The van der Waals surface area contributed by atoms with Crippen molar-refractivity contribution in [2.24, 2.45) is 0 Å². The molecule has 0 bridgehead atoms. The molecule has 1 aromatic rings. The standard InChI is InChI=1S/C18H21N3O5/c1-2-25-18(24)21-8-6-15(7-9-21)20-16(22)12-26-17(23)14-5-3-4-13(10-14)11-19/h3-5,10,15H,2,6-9,12H2,1H3,(H,20,22). The lowest BCUT2D eigenvalue weighted by atomic mass is 10.1. The first-order valence-corrected chi connectivity index (χ1v) is 8.41. The molecule has 26 heavy (non-hydrogen) atoms. The third-order valence-corrected chi connectivity index (χ3v) is 3.95. The average Bonchev–Trinajstić information content (AvgIpc) is 2.67. The van der Waals surface area contributed by atoms with Crippen LogP contribution < -0.4 is 5.32 Å². The van der Waals surface area contributed by atoms with E-state index in [1.54, 1.807) is 24.0 Å². The number of hydrogen-bond acceptors (Lipinski definition) is 6. The predicted octanol–water partition coefficient (Wildman–Crippen LogP) is 1.45. The molecule has 0 unspecified atom stereocenters. The maximum absolute atomic E-state index is 11.9. The summed E-state index contributed by atoms with van der Waals surface area (Å²) in [6, 6.07) is 7.94. The first kappa shape index (κ1) is 19.2. The normalized spacial score (nSPS) is 14.2. The molecule has 1 heterocycles. The number of nitrogens with one attached hydrogen (secondary N) is 1. The van der Waals surface area contributed by atoms with Gasteiger partial charge in [0.15, 0.2) is 6.61 Å². The molecule has 0 radical (unpaired) electrons. The molecule has 2 rings (SSSR count). The highest BCUT2D eigenvalue weighted by Gasteiger charge is 2.24. The van der Waals surface area contributed by atoms with Gasteiger partial charge in [-0.05, 0) is 38.0 Å². The summed E-state index contributed by atoms with van der Waals surface area (Å²) >= 11 is 0. The number of piperidine rings is 1. The van der Waals surface area contributed by atoms with Gasteiger partial charge in [0.25, 0.3) is 5.91 Å². The summed E-state index contributed by atoms with van der Waals surface area (Å²) in [6.07, 6.45) is 0.886. The zero-order valence-corrected chi connectivity index (χ0v) is 14.6. The van der Waals surface area contributed by atoms with Crippen LogP contribution in [0.25, 0.3) is 0 Å². The topological polar surface area (TPSA) is 109 Å². The van der Waals surface area contributed by atoms with E-state index in [0.717, 1.165) is 0 Å². The van der Waals surface area contributed by atoms with Gasteiger partial charge in [-0.2, -0.15) is 5.26 Å². The third kappa shape index (κ3) is 5.48. The number of esters is 1. The Morgan fingerprint density at radius 3 is 2.65 bits per heavy atom. The maximum atomic E-state index is 11.9. The molecule has 0 spiro atoms. The second-order valence-corrected chi connectivity index (χ2v) is 5.80. The maximum Gasteiger partial charge on any atom is 0.409 e. The van der Waals surface area contributed by atoms with Crippen LogP contribution in [0, 0.1) is 11.3 Å². The van der Waals surface area contributed by atoms with Crippen molar-refractivity contribution in [2.75, 3.05) is 26.3 Å². The van der Waals surface area contributed by atoms with Crippen LogP contribution in [0.3, 0.4) is 0 Å². The molecule has 0 aromatic heterocycles. The molecule has 0 saturated carbocycles. The van der Waals surface area contributed by atoms with E-state index in [4.69, 9.17) is 14.7 Å². The van der Waals surface area contributed by atoms with E-state index in [2.05, 4.69) is 5.32 Å². The van der Waals surface area contributed by atoms with Gasteiger partial charge in [0.05, 0.1) is 23.8 Å². The van der Waals surface area contributed by atoms with Crippen molar-refractivity contribution in [1.29, 1.82) is 5.26 Å². The fraction of sp³-hybridized carbons (Fsp3) is 0.444. The highest BCUT2D eigenvalue weighted by molar-refractivity contribution is 5.91. The van der Waals surface area contributed by atoms with E-state index in [-0.39, 0.29) is 17.7 Å². The lowest BCUT2D eigenvalue weighted by Crippen LogP contribution is -2.47. The molecule has 1 aliphatic rings. The Balaban J connectivity index is 1.73. The number of likely N-dealkylation sites (tertiary alicyclic amines) is 1. The molecule has 0 atom stereocenters. The van der Waals surface area contributed by atoms with Crippen molar-refractivity contribution in [3.8, 4) is 6.07 Å². The van der Waals surface area contributed by atoms with Gasteiger partial charge in [-0.3, -0.25) is 4.79 Å². The zero-order chi connectivity index (χ0) is 18.9. The minimum Gasteiger partial charge on any atom is -0.452 e. The number of hydrogen-bond donors (Lipinski definition) is 1. The number of ether oxygens (including phenoxy) is 2. The smallest absolute Gasteiger partial charge is 0.409 e. The fourth-order valence-corrected chi connectivity index (χ4v) is 2.62. The van der Waals surface area contributed by atoms with Crippen molar-refractivity contribution in [3.05, 3.63) is 35.4 Å². The largest absolute Gasteiger partial charge is 0.452 e. The van der Waals surface area contributed by atoms with Gasteiger partial charge in [-0.1, -0.05) is 6.07 Å². The van der Waals surface area contributed by atoms with Gasteiger partial charge in [0, 0.05) is 19.1 Å². The molecular weight excluding hydrogens is 338 g/mol. The summed E-state index contributed by atoms with van der Waals surface area (Å²) in [5.41, 5.74) is 0.567. The van der Waals surface area contributed by atoms with Gasteiger partial charge < -0.3 is 19.7 Å². The zero-order valence-electron chi connectivity index (χ0n) is 14.6. The van der Waals surface area contributed by atoms with Gasteiger partial charge in [0.1, 0.15) is 0 Å². The second-order valence-electron chi connectivity index (χ2n) is 5.80. The van der Waals surface area contributed by atoms with Crippen LogP contribution in [0.5, 0.6) is 0 Å². The number of nitriles is 1. The Morgan fingerprint density at radius 2 is 2.00 bits per heavy atom. The molecule has 8 nitrogen and oxygen atoms in total. The minimum atomic E-state index is -0.658. The molecule has 1 N–H and O–H groups in total. The Labute approximate surface area is 151 Å². The minimum absolute atomic E-state index is 0.0752. The Bertz CT molecular complexity index is 705. The molecule has 1 aliphatic heterocycles. The molecule has 1 fully saturated rings. The van der Waals surface area contributed by atoms with Crippen LogP contribution in [-0.2, 0) is 14.3 Å². The van der Waals surface area contributed by atoms with Crippen molar-refractivity contribution in [1.82, 2.24) is 10.2 Å². The summed E-state index contributed by atoms with van der Waals surface area (Å²) < 4.78 is 9.92. The lowest BCUT2D eigenvalue weighted by Gasteiger charge is -2.31. The number of carbonyl (C=O) groups excluding carboxylic acids is 3. The summed E-state index contributed by atoms with van der Waals surface area (Å²) in [5, 5.41) is 11.6. The first-order valence-electron chi connectivity index (χ1n) is 8.41. The van der Waals surface area contributed by atoms with Crippen molar-refractivity contribution in [3.63, 3.8) is 0 Å². The molecule has 1 saturated heterocycles. The van der Waals surface area contributed by atoms with E-state index >= 15 is 0 Å². The molecule has 8 heteroatoms. The lowest BCUT2D eigenvalue weighted by molar-refractivity contribution is -0.125. The Kier molecular flexibility index (Phi) is 6.97. The number of nitrogens with zero attached hydrogens (tertiary/aromatic N) is 2. The highest BCUT2D eigenvalue weighted by atomic mass is 16.6. The number of benzene rings is 1. The Hall–Kier alpha value is -3.08. The van der Waals surface area contributed by atoms with Gasteiger partial charge >= 0.3 is 12.1 Å². The van der Waals surface area contributed by atoms with Crippen molar-refractivity contribution >= 4 is 18.0 Å².